The van der Waals surface area contributed by atoms with Crippen molar-refractivity contribution >= 4 is 23.5 Å². The van der Waals surface area contributed by atoms with Crippen LogP contribution in [0.3, 0.4) is 0 Å². The zero-order chi connectivity index (χ0) is 10.2. The average molecular weight is 234 g/mol. The van der Waals surface area contributed by atoms with Crippen LogP contribution in [0.2, 0.25) is 0 Å². The van der Waals surface area contributed by atoms with E-state index in [0.717, 1.165) is 6.54 Å². The van der Waals surface area contributed by atoms with Crippen LogP contribution in [0.4, 0.5) is 0 Å². The van der Waals surface area contributed by atoms with E-state index in [9.17, 15) is 0 Å². The summed E-state index contributed by atoms with van der Waals surface area (Å²) in [7, 11) is 0. The molecule has 1 rings (SSSR count). The quantitative estimate of drug-likeness (QED) is 0.365. The summed E-state index contributed by atoms with van der Waals surface area (Å²) in [6, 6.07) is 0. The Bertz CT molecular complexity index is 173. The molecule has 3 heteroatoms. The molecule has 0 aromatic carbocycles. The zero-order valence-corrected chi connectivity index (χ0v) is 10.5. The molecule has 1 aliphatic rings. The average Bonchev–Trinajstić information content (AvgIpc) is 2.58. The first kappa shape index (κ1) is 12.3. The van der Waals surface area contributed by atoms with Gasteiger partial charge in [0.1, 0.15) is 4.71 Å². The molecule has 1 atom stereocenters. The van der Waals surface area contributed by atoms with Crippen LogP contribution in [0.5, 0.6) is 0 Å². The Morgan fingerprint density at radius 3 is 2.57 bits per heavy atom. The van der Waals surface area contributed by atoms with Gasteiger partial charge in [-0.25, -0.2) is 0 Å². The third-order valence-electron chi connectivity index (χ3n) is 2.37. The van der Waals surface area contributed by atoms with Crippen molar-refractivity contribution < 1.29 is 0 Å². The van der Waals surface area contributed by atoms with E-state index in [1.165, 1.54) is 38.5 Å². The molecule has 1 nitrogen and oxygen atoms in total. The van der Waals surface area contributed by atoms with Gasteiger partial charge in [-0.15, -0.1) is 11.6 Å². The Balaban J connectivity index is 1.87. The highest BCUT2D eigenvalue weighted by Crippen LogP contribution is 2.28. The minimum atomic E-state index is 0.162. The van der Waals surface area contributed by atoms with Gasteiger partial charge in [0.15, 0.2) is 0 Å². The molecule has 0 N–H and O–H groups in total. The van der Waals surface area contributed by atoms with Gasteiger partial charge < -0.3 is 4.31 Å². The zero-order valence-electron chi connectivity index (χ0n) is 8.92. The Labute approximate surface area is 97.0 Å². The van der Waals surface area contributed by atoms with E-state index in [1.807, 2.05) is 6.08 Å². The van der Waals surface area contributed by atoms with Gasteiger partial charge >= 0.3 is 0 Å². The second kappa shape index (κ2) is 7.47. The van der Waals surface area contributed by atoms with Gasteiger partial charge in [0.25, 0.3) is 0 Å². The maximum absolute atomic E-state index is 5.92. The van der Waals surface area contributed by atoms with Crippen LogP contribution in [-0.2, 0) is 0 Å². The lowest BCUT2D eigenvalue weighted by atomic mass is 10.1. The summed E-state index contributed by atoms with van der Waals surface area (Å²) in [6.07, 6.45) is 12.3. The van der Waals surface area contributed by atoms with E-state index in [-0.39, 0.29) is 4.71 Å². The van der Waals surface area contributed by atoms with Crippen LogP contribution in [0.1, 0.15) is 45.4 Å². The predicted molar refractivity (Wildman–Crippen MR) is 66.5 cm³/mol. The number of rotatable bonds is 7. The smallest absolute Gasteiger partial charge is 0.118 e. The van der Waals surface area contributed by atoms with Crippen molar-refractivity contribution in [1.82, 2.24) is 4.31 Å². The Kier molecular flexibility index (Phi) is 6.54. The van der Waals surface area contributed by atoms with Crippen molar-refractivity contribution in [1.29, 1.82) is 0 Å². The predicted octanol–water partition coefficient (Wildman–Crippen LogP) is 4.39. The molecule has 0 aromatic rings. The lowest BCUT2D eigenvalue weighted by molar-refractivity contribution is 0.538. The number of nitrogens with zero attached hydrogens (tertiary/aromatic N) is 1. The maximum atomic E-state index is 5.92. The first-order chi connectivity index (χ1) is 6.83. The van der Waals surface area contributed by atoms with Crippen LogP contribution in [0.25, 0.3) is 0 Å². The van der Waals surface area contributed by atoms with E-state index in [1.54, 1.807) is 11.9 Å². The molecule has 0 amide bonds. The molecular weight excluding hydrogens is 214 g/mol. The number of unbranched alkanes of at least 4 members (excludes halogenated alkanes) is 5. The van der Waals surface area contributed by atoms with Crippen molar-refractivity contribution in [3.63, 3.8) is 0 Å². The van der Waals surface area contributed by atoms with Crippen LogP contribution in [0, 0.1) is 0 Å². The van der Waals surface area contributed by atoms with Crippen LogP contribution < -0.4 is 0 Å². The van der Waals surface area contributed by atoms with Crippen LogP contribution >= 0.6 is 23.5 Å². The summed E-state index contributed by atoms with van der Waals surface area (Å²) < 4.78 is 2.41. The van der Waals surface area contributed by atoms with Gasteiger partial charge in [0, 0.05) is 12.7 Å². The number of hydrogen-bond acceptors (Lipinski definition) is 2. The van der Waals surface area contributed by atoms with Gasteiger partial charge in [-0.2, -0.15) is 0 Å². The number of alkyl halides is 1. The van der Waals surface area contributed by atoms with Gasteiger partial charge in [0.2, 0.25) is 0 Å². The van der Waals surface area contributed by atoms with Gasteiger partial charge in [-0.3, -0.25) is 0 Å². The lowest BCUT2D eigenvalue weighted by Crippen LogP contribution is -2.07. The van der Waals surface area contributed by atoms with Crippen molar-refractivity contribution in [2.45, 2.75) is 50.2 Å². The Hall–Kier alpha value is 0.180. The molecule has 14 heavy (non-hydrogen) atoms. The highest BCUT2D eigenvalue weighted by atomic mass is 35.5. The van der Waals surface area contributed by atoms with Gasteiger partial charge in [-0.1, -0.05) is 39.0 Å². The fraction of sp³-hybridized carbons (Fsp3) is 0.818. The molecule has 0 fully saturated rings. The first-order valence-corrected chi connectivity index (χ1v) is 6.86. The molecule has 0 saturated heterocycles. The molecule has 1 heterocycles. The summed E-state index contributed by atoms with van der Waals surface area (Å²) >= 11 is 7.64. The highest BCUT2D eigenvalue weighted by Gasteiger charge is 2.12. The van der Waals surface area contributed by atoms with Crippen LogP contribution in [0.15, 0.2) is 12.3 Å². The summed E-state index contributed by atoms with van der Waals surface area (Å²) in [6.45, 7) is 3.41. The van der Waals surface area contributed by atoms with E-state index in [0.29, 0.717) is 0 Å². The van der Waals surface area contributed by atoms with Crippen molar-refractivity contribution in [2.75, 3.05) is 6.54 Å². The highest BCUT2D eigenvalue weighted by molar-refractivity contribution is 7.99. The minimum absolute atomic E-state index is 0.162. The number of hydrogen-bond donors (Lipinski definition) is 0. The van der Waals surface area contributed by atoms with E-state index in [4.69, 9.17) is 11.6 Å². The normalized spacial score (nSPS) is 20.7. The van der Waals surface area contributed by atoms with E-state index in [2.05, 4.69) is 17.4 Å². The summed E-state index contributed by atoms with van der Waals surface area (Å²) in [5.41, 5.74) is 0. The summed E-state index contributed by atoms with van der Waals surface area (Å²) in [5, 5.41) is 0. The molecule has 82 valence electrons. The van der Waals surface area contributed by atoms with Gasteiger partial charge in [0.05, 0.1) is 0 Å². The molecule has 0 bridgehead atoms. The molecule has 0 aromatic heterocycles. The number of halogens is 1. The Morgan fingerprint density at radius 2 is 1.93 bits per heavy atom. The topological polar surface area (TPSA) is 3.24 Å². The first-order valence-electron chi connectivity index (χ1n) is 5.58. The third-order valence-corrected chi connectivity index (χ3v) is 3.69. The van der Waals surface area contributed by atoms with Crippen molar-refractivity contribution in [3.05, 3.63) is 12.3 Å². The van der Waals surface area contributed by atoms with E-state index >= 15 is 0 Å². The maximum Gasteiger partial charge on any atom is 0.118 e. The van der Waals surface area contributed by atoms with Crippen molar-refractivity contribution in [2.24, 2.45) is 0 Å². The monoisotopic (exact) mass is 233 g/mol. The second-order valence-electron chi connectivity index (χ2n) is 3.71. The Morgan fingerprint density at radius 1 is 1.21 bits per heavy atom. The molecule has 0 spiro atoms. The van der Waals surface area contributed by atoms with E-state index < -0.39 is 0 Å². The third kappa shape index (κ3) is 5.16. The lowest BCUT2D eigenvalue weighted by Gasteiger charge is -2.14. The summed E-state index contributed by atoms with van der Waals surface area (Å²) in [5.74, 6) is 0. The largest absolute Gasteiger partial charge is 0.322 e. The second-order valence-corrected chi connectivity index (χ2v) is 5.62. The molecule has 0 saturated carbocycles. The molecule has 1 aliphatic heterocycles. The minimum Gasteiger partial charge on any atom is -0.322 e. The van der Waals surface area contributed by atoms with Crippen LogP contribution in [-0.4, -0.2) is 15.6 Å². The molecule has 0 aliphatic carbocycles. The fourth-order valence-electron chi connectivity index (χ4n) is 1.54. The SMILES string of the molecule is CCCCCCCCN1C=CC(Cl)S1. The van der Waals surface area contributed by atoms with Crippen molar-refractivity contribution in [3.8, 4) is 0 Å². The molecule has 0 radical (unpaired) electrons. The molecule has 1 unspecified atom stereocenters. The fourth-order valence-corrected chi connectivity index (χ4v) is 2.68. The molecular formula is C11H20ClNS. The van der Waals surface area contributed by atoms with Gasteiger partial charge in [-0.05, 0) is 24.4 Å². The summed E-state index contributed by atoms with van der Waals surface area (Å²) in [4.78, 5) is 0. The standard InChI is InChI=1S/C11H20ClNS/c1-2-3-4-5-6-7-9-13-10-8-11(12)14-13/h8,10-11H,2-7,9H2,1H3.